The molecule has 2 aromatic heterocycles. The van der Waals surface area contributed by atoms with Crippen LogP contribution in [0.2, 0.25) is 0 Å². The number of ether oxygens (including phenoxy) is 2. The molecule has 2 unspecified atom stereocenters. The summed E-state index contributed by atoms with van der Waals surface area (Å²) >= 11 is 0. The first kappa shape index (κ1) is 18.6. The van der Waals surface area contributed by atoms with Crippen molar-refractivity contribution in [3.8, 4) is 17.1 Å². The first-order valence-electron chi connectivity index (χ1n) is 9.48. The minimum atomic E-state index is -0.420. The van der Waals surface area contributed by atoms with E-state index < -0.39 is 5.82 Å². The smallest absolute Gasteiger partial charge is 0.167 e. The molecule has 148 valence electrons. The molecule has 0 spiro atoms. The summed E-state index contributed by atoms with van der Waals surface area (Å²) in [5, 5.41) is 8.00. The Morgan fingerprint density at radius 3 is 2.64 bits per heavy atom. The maximum Gasteiger partial charge on any atom is 0.167 e. The number of aromatic nitrogens is 4. The van der Waals surface area contributed by atoms with E-state index in [9.17, 15) is 4.39 Å². The zero-order chi connectivity index (χ0) is 19.8. The van der Waals surface area contributed by atoms with Crippen LogP contribution in [0.4, 0.5) is 10.2 Å². The summed E-state index contributed by atoms with van der Waals surface area (Å²) in [4.78, 5) is 11.0. The summed E-state index contributed by atoms with van der Waals surface area (Å²) in [7, 11) is 0. The Balaban J connectivity index is 1.72. The van der Waals surface area contributed by atoms with Crippen LogP contribution in [0.25, 0.3) is 22.3 Å². The number of fused-ring (bicyclic) bond motifs is 1. The Morgan fingerprint density at radius 2 is 1.93 bits per heavy atom. The minimum absolute atomic E-state index is 0.127. The van der Waals surface area contributed by atoms with Crippen molar-refractivity contribution in [1.82, 2.24) is 20.2 Å². The normalized spacial score (nSPS) is 20.1. The van der Waals surface area contributed by atoms with Crippen molar-refractivity contribution < 1.29 is 13.9 Å². The quantitative estimate of drug-likeness (QED) is 0.740. The van der Waals surface area contributed by atoms with E-state index in [0.717, 1.165) is 24.3 Å². The maximum atomic E-state index is 14.3. The van der Waals surface area contributed by atoms with Crippen LogP contribution in [0.1, 0.15) is 27.7 Å². The van der Waals surface area contributed by atoms with Gasteiger partial charge >= 0.3 is 0 Å². The van der Waals surface area contributed by atoms with Crippen molar-refractivity contribution in [2.24, 2.45) is 0 Å². The van der Waals surface area contributed by atoms with Crippen LogP contribution in [0.15, 0.2) is 24.5 Å². The second-order valence-corrected chi connectivity index (χ2v) is 7.49. The molecule has 28 heavy (non-hydrogen) atoms. The number of nitrogens with one attached hydrogen (secondary N) is 1. The van der Waals surface area contributed by atoms with E-state index in [1.54, 1.807) is 6.07 Å². The van der Waals surface area contributed by atoms with Crippen molar-refractivity contribution in [2.45, 2.75) is 46.0 Å². The Hall–Kier alpha value is -2.74. The SMILES string of the molecule is CC(C)Oc1cc2c(-c3cc(N4CC(C)OC(C)C4)ncn3)n[nH]c2cc1F. The highest BCUT2D eigenvalue weighted by atomic mass is 19.1. The first-order chi connectivity index (χ1) is 13.4. The number of hydrogen-bond acceptors (Lipinski definition) is 6. The largest absolute Gasteiger partial charge is 0.488 e. The van der Waals surface area contributed by atoms with Crippen LogP contribution in [0, 0.1) is 5.82 Å². The summed E-state index contributed by atoms with van der Waals surface area (Å²) < 4.78 is 25.6. The second-order valence-electron chi connectivity index (χ2n) is 7.49. The molecule has 2 atom stereocenters. The minimum Gasteiger partial charge on any atom is -0.488 e. The van der Waals surface area contributed by atoms with Gasteiger partial charge in [-0.1, -0.05) is 0 Å². The fourth-order valence-electron chi connectivity index (χ4n) is 3.57. The summed E-state index contributed by atoms with van der Waals surface area (Å²) in [5.41, 5.74) is 1.91. The third kappa shape index (κ3) is 3.64. The average Bonchev–Trinajstić information content (AvgIpc) is 3.03. The molecule has 1 fully saturated rings. The fraction of sp³-hybridized carbons (Fsp3) is 0.450. The zero-order valence-corrected chi connectivity index (χ0v) is 16.4. The van der Waals surface area contributed by atoms with Gasteiger partial charge in [0.25, 0.3) is 0 Å². The Labute approximate surface area is 162 Å². The van der Waals surface area contributed by atoms with E-state index in [4.69, 9.17) is 9.47 Å². The van der Waals surface area contributed by atoms with Gasteiger partial charge < -0.3 is 14.4 Å². The van der Waals surface area contributed by atoms with Gasteiger partial charge in [-0.25, -0.2) is 14.4 Å². The highest BCUT2D eigenvalue weighted by Crippen LogP contribution is 2.32. The predicted octanol–water partition coefficient (Wildman–Crippen LogP) is 3.56. The molecular weight excluding hydrogens is 361 g/mol. The van der Waals surface area contributed by atoms with E-state index in [1.165, 1.54) is 12.4 Å². The van der Waals surface area contributed by atoms with Gasteiger partial charge in [0.1, 0.15) is 17.8 Å². The van der Waals surface area contributed by atoms with Crippen LogP contribution in [-0.2, 0) is 4.74 Å². The molecule has 0 saturated carbocycles. The van der Waals surface area contributed by atoms with Crippen LogP contribution >= 0.6 is 0 Å². The molecule has 1 N–H and O–H groups in total. The lowest BCUT2D eigenvalue weighted by Gasteiger charge is -2.36. The molecule has 8 heteroatoms. The lowest BCUT2D eigenvalue weighted by molar-refractivity contribution is -0.00546. The van der Waals surface area contributed by atoms with E-state index in [1.807, 2.05) is 19.9 Å². The molecule has 0 aliphatic carbocycles. The number of halogens is 1. The predicted molar refractivity (Wildman–Crippen MR) is 105 cm³/mol. The molecule has 3 heterocycles. The molecule has 1 aliphatic heterocycles. The summed E-state index contributed by atoms with van der Waals surface area (Å²) in [6.45, 7) is 9.36. The molecule has 7 nitrogen and oxygen atoms in total. The summed E-state index contributed by atoms with van der Waals surface area (Å²) in [6.07, 6.45) is 1.67. The van der Waals surface area contributed by atoms with Gasteiger partial charge in [-0.3, -0.25) is 5.10 Å². The topological polar surface area (TPSA) is 76.2 Å². The van der Waals surface area contributed by atoms with Gasteiger partial charge in [0.05, 0.1) is 29.5 Å². The van der Waals surface area contributed by atoms with Crippen molar-refractivity contribution in [3.05, 3.63) is 30.3 Å². The van der Waals surface area contributed by atoms with E-state index >= 15 is 0 Å². The molecule has 0 bridgehead atoms. The van der Waals surface area contributed by atoms with E-state index in [0.29, 0.717) is 16.9 Å². The lowest BCUT2D eigenvalue weighted by Crippen LogP contribution is -2.45. The van der Waals surface area contributed by atoms with Crippen LogP contribution < -0.4 is 9.64 Å². The van der Waals surface area contributed by atoms with Crippen molar-refractivity contribution in [3.63, 3.8) is 0 Å². The van der Waals surface area contributed by atoms with Crippen LogP contribution in [-0.4, -0.2) is 51.6 Å². The second kappa shape index (κ2) is 7.35. The first-order valence-corrected chi connectivity index (χ1v) is 9.48. The number of nitrogens with zero attached hydrogens (tertiary/aromatic N) is 4. The number of morpholine rings is 1. The molecule has 0 radical (unpaired) electrons. The van der Waals surface area contributed by atoms with Crippen molar-refractivity contribution in [2.75, 3.05) is 18.0 Å². The lowest BCUT2D eigenvalue weighted by atomic mass is 10.1. The summed E-state index contributed by atoms with van der Waals surface area (Å²) in [5.74, 6) is 0.607. The molecule has 0 amide bonds. The number of hydrogen-bond donors (Lipinski definition) is 1. The Morgan fingerprint density at radius 1 is 1.18 bits per heavy atom. The van der Waals surface area contributed by atoms with Gasteiger partial charge in [-0.2, -0.15) is 5.10 Å². The number of benzene rings is 1. The maximum absolute atomic E-state index is 14.3. The van der Waals surface area contributed by atoms with Gasteiger partial charge in [0.15, 0.2) is 11.6 Å². The van der Waals surface area contributed by atoms with Gasteiger partial charge in [0, 0.05) is 30.6 Å². The van der Waals surface area contributed by atoms with Crippen molar-refractivity contribution >= 4 is 16.7 Å². The van der Waals surface area contributed by atoms with Crippen LogP contribution in [0.3, 0.4) is 0 Å². The standard InChI is InChI=1S/C20H24FN5O2/c1-11(2)27-18-5-14-16(6-15(18)21)24-25-20(14)17-7-19(23-10-22-17)26-8-12(3)28-13(4)9-26/h5-7,10-13H,8-9H2,1-4H3,(H,24,25). The molecule has 1 aliphatic rings. The van der Waals surface area contributed by atoms with Crippen LogP contribution in [0.5, 0.6) is 5.75 Å². The fourth-order valence-corrected chi connectivity index (χ4v) is 3.57. The molecule has 3 aromatic rings. The van der Waals surface area contributed by atoms with Gasteiger partial charge in [-0.15, -0.1) is 0 Å². The van der Waals surface area contributed by atoms with Crippen molar-refractivity contribution in [1.29, 1.82) is 0 Å². The molecular formula is C20H24FN5O2. The highest BCUT2D eigenvalue weighted by Gasteiger charge is 2.24. The van der Waals surface area contributed by atoms with Gasteiger partial charge in [0.2, 0.25) is 0 Å². The zero-order valence-electron chi connectivity index (χ0n) is 16.4. The highest BCUT2D eigenvalue weighted by molar-refractivity contribution is 5.93. The average molecular weight is 385 g/mol. The number of aromatic amines is 1. The third-order valence-corrected chi connectivity index (χ3v) is 4.62. The molecule has 1 saturated heterocycles. The molecule has 4 rings (SSSR count). The van der Waals surface area contributed by atoms with E-state index in [-0.39, 0.29) is 24.1 Å². The number of rotatable bonds is 4. The van der Waals surface area contributed by atoms with Gasteiger partial charge in [-0.05, 0) is 33.8 Å². The Kier molecular flexibility index (Phi) is 4.89. The summed E-state index contributed by atoms with van der Waals surface area (Å²) in [6, 6.07) is 4.98. The number of H-pyrrole nitrogens is 1. The number of anilines is 1. The molecule has 1 aromatic carbocycles. The Bertz CT molecular complexity index is 980. The third-order valence-electron chi connectivity index (χ3n) is 4.62. The van der Waals surface area contributed by atoms with E-state index in [2.05, 4.69) is 38.9 Å². The monoisotopic (exact) mass is 385 g/mol.